The van der Waals surface area contributed by atoms with Gasteiger partial charge in [0.2, 0.25) is 5.91 Å². The molecule has 3 amide bonds. The Bertz CT molecular complexity index is 2460. The number of aliphatic imine (C=N–C) groups is 2. The Morgan fingerprint density at radius 1 is 0.671 bits per heavy atom. The van der Waals surface area contributed by atoms with Crippen LogP contribution in [0.2, 0.25) is 0 Å². The Kier molecular flexibility index (Phi) is 19.7. The van der Waals surface area contributed by atoms with E-state index >= 15 is 0 Å². The van der Waals surface area contributed by atoms with E-state index in [-0.39, 0.29) is 54.6 Å². The van der Waals surface area contributed by atoms with Crippen LogP contribution in [0.3, 0.4) is 0 Å². The Morgan fingerprint density at radius 2 is 1.14 bits per heavy atom. The summed E-state index contributed by atoms with van der Waals surface area (Å²) in [5, 5.41) is 2.95. The van der Waals surface area contributed by atoms with Crippen molar-refractivity contribution in [2.45, 2.75) is 83.9 Å². The highest BCUT2D eigenvalue weighted by Crippen LogP contribution is 2.42. The lowest BCUT2D eigenvalue weighted by Gasteiger charge is -2.26. The quantitative estimate of drug-likeness (QED) is 0.0578. The molecule has 0 aliphatic carbocycles. The highest BCUT2D eigenvalue weighted by molar-refractivity contribution is 8.00. The molecule has 2 fully saturated rings. The Balaban J connectivity index is 0.995. The zero-order chi connectivity index (χ0) is 51.9. The number of methoxy groups -OCH3 is 2. The van der Waals surface area contributed by atoms with Crippen LogP contribution in [0.4, 0.5) is 11.4 Å². The van der Waals surface area contributed by atoms with Gasteiger partial charge in [0, 0.05) is 55.4 Å². The van der Waals surface area contributed by atoms with E-state index < -0.39 is 4.75 Å². The average Bonchev–Trinajstić information content (AvgIpc) is 3.96. The molecule has 2 saturated heterocycles. The zero-order valence-electron chi connectivity index (χ0n) is 43.1. The molecule has 73 heavy (non-hydrogen) atoms. The fraction of sp³-hybridized carbons (Fsp3) is 0.491. The molecule has 2 atom stereocenters. The number of allylic oxidation sites excluding steroid dienone is 2. The van der Waals surface area contributed by atoms with Crippen LogP contribution in [0.1, 0.15) is 91.3 Å². The molecule has 0 radical (unpaired) electrons. The predicted molar refractivity (Wildman–Crippen MR) is 281 cm³/mol. The molecule has 3 aromatic rings. The van der Waals surface area contributed by atoms with Gasteiger partial charge in [-0.05, 0) is 82.3 Å². The van der Waals surface area contributed by atoms with Crippen LogP contribution in [-0.4, -0.2) is 150 Å². The van der Waals surface area contributed by atoms with Crippen LogP contribution in [0, 0.1) is 0 Å². The summed E-state index contributed by atoms with van der Waals surface area (Å²) in [4.78, 5) is 64.8. The van der Waals surface area contributed by atoms with Crippen molar-refractivity contribution in [2.24, 2.45) is 9.98 Å². The summed E-state index contributed by atoms with van der Waals surface area (Å²) in [7, 11) is 3.09. The second-order valence-corrected chi connectivity index (χ2v) is 20.2. The van der Waals surface area contributed by atoms with Crippen LogP contribution in [0.25, 0.3) is 0 Å². The molecule has 17 nitrogen and oxygen atoms in total. The third kappa shape index (κ3) is 14.6. The summed E-state index contributed by atoms with van der Waals surface area (Å²) in [6.45, 7) is 14.6. The molecule has 7 rings (SSSR count). The molecule has 0 unspecified atom stereocenters. The maximum Gasteiger partial charge on any atom is 0.257 e. The lowest BCUT2D eigenvalue weighted by molar-refractivity contribution is -0.119. The first-order chi connectivity index (χ1) is 35.3. The van der Waals surface area contributed by atoms with Gasteiger partial charge in [-0.15, -0.1) is 11.8 Å². The molecule has 1 N–H and O–H groups in total. The van der Waals surface area contributed by atoms with Crippen LogP contribution in [0.5, 0.6) is 23.0 Å². The molecule has 4 heterocycles. The maximum absolute atomic E-state index is 13.8. The van der Waals surface area contributed by atoms with Crippen molar-refractivity contribution >= 4 is 59.1 Å². The van der Waals surface area contributed by atoms with E-state index in [0.717, 1.165) is 29.5 Å². The zero-order valence-corrected chi connectivity index (χ0v) is 43.9. The number of ketones is 1. The molecular formula is C55H69N5O12S. The van der Waals surface area contributed by atoms with Gasteiger partial charge < -0.3 is 53.0 Å². The molecule has 4 aliphatic rings. The molecular weight excluding hydrogens is 955 g/mol. The van der Waals surface area contributed by atoms with Crippen molar-refractivity contribution in [3.63, 3.8) is 0 Å². The van der Waals surface area contributed by atoms with Gasteiger partial charge in [-0.25, -0.2) is 0 Å². The minimum Gasteiger partial charge on any atom is -0.493 e. The number of carbonyl (C=O) groups excluding carboxylic acids is 4. The number of rotatable bonds is 27. The molecule has 0 spiro atoms. The summed E-state index contributed by atoms with van der Waals surface area (Å²) < 4.78 is 46.0. The first kappa shape index (κ1) is 54.7. The van der Waals surface area contributed by atoms with Crippen LogP contribution in [0.15, 0.2) is 75.7 Å². The first-order valence-corrected chi connectivity index (χ1v) is 25.8. The number of nitrogens with zero attached hydrogens (tertiary/aromatic N) is 4. The molecule has 392 valence electrons. The van der Waals surface area contributed by atoms with Crippen molar-refractivity contribution in [3.8, 4) is 23.0 Å². The summed E-state index contributed by atoms with van der Waals surface area (Å²) in [5.41, 5.74) is 6.93. The van der Waals surface area contributed by atoms with Crippen molar-refractivity contribution < 1.29 is 57.1 Å². The molecule has 4 aliphatic heterocycles. The maximum atomic E-state index is 13.8. The van der Waals surface area contributed by atoms with E-state index in [1.165, 1.54) is 29.8 Å². The van der Waals surface area contributed by atoms with Crippen molar-refractivity contribution in [1.29, 1.82) is 0 Å². The molecule has 18 heteroatoms. The summed E-state index contributed by atoms with van der Waals surface area (Å²) >= 11 is 1.50. The van der Waals surface area contributed by atoms with E-state index in [1.807, 2.05) is 42.1 Å². The number of carbonyl (C=O) groups is 4. The second kappa shape index (κ2) is 26.2. The van der Waals surface area contributed by atoms with Crippen LogP contribution >= 0.6 is 11.8 Å². The van der Waals surface area contributed by atoms with E-state index in [9.17, 15) is 19.2 Å². The largest absolute Gasteiger partial charge is 0.493 e. The predicted octanol–water partition coefficient (Wildman–Crippen LogP) is 7.75. The number of nitrogens with one attached hydrogen (secondary N) is 1. The van der Waals surface area contributed by atoms with Gasteiger partial charge in [0.05, 0.1) is 107 Å². The minimum atomic E-state index is -0.545. The van der Waals surface area contributed by atoms with Gasteiger partial charge in [-0.3, -0.25) is 29.2 Å². The highest BCUT2D eigenvalue weighted by atomic mass is 32.2. The topological polar surface area (TPSA) is 185 Å². The number of fused-ring (bicyclic) bond motifs is 4. The second-order valence-electron chi connectivity index (χ2n) is 18.6. The number of ether oxygens (including phenoxy) is 8. The third-order valence-corrected chi connectivity index (χ3v) is 14.4. The molecule has 0 bridgehead atoms. The summed E-state index contributed by atoms with van der Waals surface area (Å²) in [6.07, 6.45) is 9.70. The van der Waals surface area contributed by atoms with Gasteiger partial charge >= 0.3 is 0 Å². The van der Waals surface area contributed by atoms with Gasteiger partial charge in [-0.2, -0.15) is 0 Å². The summed E-state index contributed by atoms with van der Waals surface area (Å²) in [6, 6.07) is 12.8. The van der Waals surface area contributed by atoms with E-state index in [0.29, 0.717) is 124 Å². The lowest BCUT2D eigenvalue weighted by Crippen LogP contribution is -2.35. The van der Waals surface area contributed by atoms with Gasteiger partial charge in [-0.1, -0.05) is 35.4 Å². The van der Waals surface area contributed by atoms with Gasteiger partial charge in [0.1, 0.15) is 19.0 Å². The molecule has 0 aromatic heterocycles. The van der Waals surface area contributed by atoms with Crippen molar-refractivity contribution in [2.75, 3.05) is 92.5 Å². The Hall–Kier alpha value is -6.05. The molecule has 3 aromatic carbocycles. The fourth-order valence-corrected chi connectivity index (χ4v) is 9.63. The smallest absolute Gasteiger partial charge is 0.257 e. The number of hydrogen-bond donors (Lipinski definition) is 1. The van der Waals surface area contributed by atoms with Gasteiger partial charge in [0.15, 0.2) is 23.0 Å². The molecule has 0 saturated carbocycles. The van der Waals surface area contributed by atoms with Crippen molar-refractivity contribution in [3.05, 3.63) is 93.6 Å². The lowest BCUT2D eigenvalue weighted by atomic mass is 9.97. The number of amides is 3. The fourth-order valence-electron chi connectivity index (χ4n) is 8.75. The van der Waals surface area contributed by atoms with Crippen LogP contribution in [-0.2, 0) is 46.5 Å². The van der Waals surface area contributed by atoms with Crippen LogP contribution < -0.4 is 24.3 Å². The Morgan fingerprint density at radius 3 is 1.59 bits per heavy atom. The SMILES string of the molecule is C/C=C1\C[C@H]2C=Nc3cc(OCc4cc(COc5cc6c(cc5OC)C(=O)N5C/C(=C/C)C[C@H]5C=N6)cc(C(C)(C)SCC(=O)NCCOCCOCCOCCOCCC(C)=O)c4)c(OC)cc3C(=O)N2C1. The normalized spacial score (nSPS) is 18.1. The standard InChI is InChI=1S/C55H69N5O12S/c1-8-37-23-42-29-57-46-27-50(48(65-6)25-44(46)53(63)59(42)31-37)71-33-39-20-40(34-72-51-28-47-45(26-49(51)66-7)54(64)60-32-38(9-2)24-43(60)30-58-47)22-41(21-39)55(4,5)73-35-52(62)56-11-13-68-15-17-70-19-18-69-16-14-67-12-10-36(3)61/h8-9,20-22,25-30,42-43H,10-19,23-24,31-35H2,1-7H3,(H,56,62)/b37-8+,38-9+/t42-,43-/m0/s1. The number of thioether (sulfide) groups is 1. The first-order valence-electron chi connectivity index (χ1n) is 24.8. The average molecular weight is 1020 g/mol. The number of benzene rings is 3. The monoisotopic (exact) mass is 1020 g/mol. The van der Waals surface area contributed by atoms with E-state index in [2.05, 4.69) is 43.4 Å². The van der Waals surface area contributed by atoms with E-state index in [4.69, 9.17) is 47.9 Å². The summed E-state index contributed by atoms with van der Waals surface area (Å²) in [5.74, 6) is 1.66. The number of hydrogen-bond acceptors (Lipinski definition) is 15. The van der Waals surface area contributed by atoms with E-state index in [1.54, 1.807) is 38.5 Å². The minimum absolute atomic E-state index is 0.0990. The highest BCUT2D eigenvalue weighted by Gasteiger charge is 2.36. The Labute approximate surface area is 432 Å². The van der Waals surface area contributed by atoms with Gasteiger partial charge in [0.25, 0.3) is 11.8 Å². The third-order valence-electron chi connectivity index (χ3n) is 13.0. The number of Topliss-reactive ketones (excluding diaryl/α,β-unsaturated/α-hetero) is 1. The van der Waals surface area contributed by atoms with Crippen molar-refractivity contribution in [1.82, 2.24) is 15.1 Å².